The summed E-state index contributed by atoms with van der Waals surface area (Å²) < 4.78 is 96.2. The average molecular weight is 566 g/mol. The minimum Gasteiger partial charge on any atom is -0.390 e. The van der Waals surface area contributed by atoms with Gasteiger partial charge >= 0.3 is 18.4 Å². The lowest BCUT2D eigenvalue weighted by atomic mass is 9.97. The molecule has 39 heavy (non-hydrogen) atoms. The van der Waals surface area contributed by atoms with Gasteiger partial charge in [0.1, 0.15) is 5.82 Å². The van der Waals surface area contributed by atoms with Gasteiger partial charge in [0.05, 0.1) is 35.9 Å². The number of aliphatic hydroxyl groups is 1. The van der Waals surface area contributed by atoms with Crippen LogP contribution >= 0.6 is 0 Å². The molecule has 0 spiro atoms. The highest BCUT2D eigenvalue weighted by atomic mass is 19.4. The molecule has 0 saturated carbocycles. The van der Waals surface area contributed by atoms with E-state index in [2.05, 4.69) is 0 Å². The zero-order valence-electron chi connectivity index (χ0n) is 21.0. The van der Waals surface area contributed by atoms with Crippen LogP contribution in [0.4, 0.5) is 46.9 Å². The average Bonchev–Trinajstić information content (AvgIpc) is 3.16. The van der Waals surface area contributed by atoms with Gasteiger partial charge in [-0.25, -0.2) is 14.0 Å². The number of alkyl halides is 6. The Bertz CT molecular complexity index is 1200. The predicted octanol–water partition coefficient (Wildman–Crippen LogP) is 4.12. The molecule has 8 nitrogen and oxygen atoms in total. The first kappa shape index (κ1) is 30.1. The summed E-state index contributed by atoms with van der Waals surface area (Å²) in [7, 11) is 4.48. The van der Waals surface area contributed by atoms with E-state index in [0.717, 1.165) is 21.9 Å². The maximum Gasteiger partial charge on any atom is 0.416 e. The van der Waals surface area contributed by atoms with Crippen LogP contribution in [0.25, 0.3) is 0 Å². The van der Waals surface area contributed by atoms with Crippen molar-refractivity contribution in [3.05, 3.63) is 58.9 Å². The fraction of sp³-hybridized carbons (Fsp3) is 0.417. The Kier molecular flexibility index (Phi) is 8.77. The van der Waals surface area contributed by atoms with Crippen molar-refractivity contribution in [1.82, 2.24) is 9.80 Å². The molecule has 2 aromatic carbocycles. The number of benzene rings is 2. The molecule has 2 aromatic rings. The number of urea groups is 1. The van der Waals surface area contributed by atoms with E-state index in [4.69, 9.17) is 4.84 Å². The molecule has 3 amide bonds. The third-order valence-corrected chi connectivity index (χ3v) is 5.79. The van der Waals surface area contributed by atoms with E-state index in [1.54, 1.807) is 19.0 Å². The molecule has 1 heterocycles. The van der Waals surface area contributed by atoms with Gasteiger partial charge in [-0.05, 0) is 50.5 Å². The second-order valence-corrected chi connectivity index (χ2v) is 9.10. The summed E-state index contributed by atoms with van der Waals surface area (Å²) in [6.45, 7) is -0.773. The minimum atomic E-state index is -5.34. The Labute approximate surface area is 218 Å². The van der Waals surface area contributed by atoms with Crippen LogP contribution < -0.4 is 9.96 Å². The van der Waals surface area contributed by atoms with E-state index in [-0.39, 0.29) is 29.9 Å². The molecule has 214 valence electrons. The molecule has 1 atom stereocenters. The molecule has 3 rings (SSSR count). The first-order valence-electron chi connectivity index (χ1n) is 11.4. The summed E-state index contributed by atoms with van der Waals surface area (Å²) in [5, 5.41) is 10.4. The van der Waals surface area contributed by atoms with Crippen LogP contribution in [-0.2, 0) is 28.4 Å². The van der Waals surface area contributed by atoms with Gasteiger partial charge in [0.15, 0.2) is 6.73 Å². The number of nitrogens with zero attached hydrogens (tertiary/aromatic N) is 4. The molecule has 1 aliphatic rings. The first-order valence-corrected chi connectivity index (χ1v) is 11.4. The fourth-order valence-corrected chi connectivity index (χ4v) is 3.92. The van der Waals surface area contributed by atoms with Gasteiger partial charge in [0.25, 0.3) is 0 Å². The molecule has 1 fully saturated rings. The second-order valence-electron chi connectivity index (χ2n) is 9.10. The lowest BCUT2D eigenvalue weighted by molar-refractivity contribution is -0.143. The molecule has 1 saturated heterocycles. The van der Waals surface area contributed by atoms with E-state index in [1.165, 1.54) is 19.2 Å². The molecular weight excluding hydrogens is 541 g/mol. The summed E-state index contributed by atoms with van der Waals surface area (Å²) >= 11 is 0. The van der Waals surface area contributed by atoms with Crippen molar-refractivity contribution in [2.45, 2.75) is 24.9 Å². The molecule has 0 bridgehead atoms. The van der Waals surface area contributed by atoms with Gasteiger partial charge in [-0.1, -0.05) is 0 Å². The SMILES string of the molecule is CN(C)CC(O)CN1CON(c2cc(C(F)(F)F)cc(C(F)(F)F)c2CC(=O)N(C)c2ccc(F)cc2)C1=O. The van der Waals surface area contributed by atoms with Crippen molar-refractivity contribution in [1.29, 1.82) is 0 Å². The summed E-state index contributed by atoms with van der Waals surface area (Å²) in [5.41, 5.74) is -5.24. The third kappa shape index (κ3) is 7.16. The highest BCUT2D eigenvalue weighted by Crippen LogP contribution is 2.43. The van der Waals surface area contributed by atoms with E-state index < -0.39 is 71.7 Å². The summed E-state index contributed by atoms with van der Waals surface area (Å²) in [6, 6.07) is 3.45. The monoisotopic (exact) mass is 566 g/mol. The summed E-state index contributed by atoms with van der Waals surface area (Å²) in [6.07, 6.45) is -12.7. The van der Waals surface area contributed by atoms with Gasteiger partial charge in [-0.2, -0.15) is 31.4 Å². The van der Waals surface area contributed by atoms with Gasteiger partial charge < -0.3 is 14.9 Å². The number of hydrogen-bond donors (Lipinski definition) is 1. The van der Waals surface area contributed by atoms with E-state index in [0.29, 0.717) is 6.07 Å². The first-order chi connectivity index (χ1) is 18.0. The Morgan fingerprint density at radius 3 is 2.21 bits per heavy atom. The zero-order chi connectivity index (χ0) is 29.3. The number of carbonyl (C=O) groups is 2. The lowest BCUT2D eigenvalue weighted by Gasteiger charge is -2.25. The largest absolute Gasteiger partial charge is 0.416 e. The van der Waals surface area contributed by atoms with E-state index in [1.807, 2.05) is 0 Å². The van der Waals surface area contributed by atoms with E-state index in [9.17, 15) is 45.4 Å². The molecule has 1 aliphatic heterocycles. The quantitative estimate of drug-likeness (QED) is 0.487. The summed E-state index contributed by atoms with van der Waals surface area (Å²) in [4.78, 5) is 34.5. The van der Waals surface area contributed by atoms with E-state index >= 15 is 0 Å². The van der Waals surface area contributed by atoms with Crippen molar-refractivity contribution in [3.8, 4) is 0 Å². The topological polar surface area (TPSA) is 76.6 Å². The van der Waals surface area contributed by atoms with Crippen LogP contribution in [0.1, 0.15) is 16.7 Å². The number of anilines is 2. The van der Waals surface area contributed by atoms with Crippen LogP contribution in [0.5, 0.6) is 0 Å². The normalized spacial score (nSPS) is 15.3. The number of halogens is 7. The van der Waals surface area contributed by atoms with Crippen molar-refractivity contribution in [3.63, 3.8) is 0 Å². The molecule has 15 heteroatoms. The zero-order valence-corrected chi connectivity index (χ0v) is 21.0. The number of hydrogen-bond acceptors (Lipinski definition) is 5. The van der Waals surface area contributed by atoms with Gasteiger partial charge in [0.2, 0.25) is 5.91 Å². The smallest absolute Gasteiger partial charge is 0.390 e. The number of likely N-dealkylation sites (N-methyl/N-ethyl adjacent to an activating group) is 2. The van der Waals surface area contributed by atoms with Crippen LogP contribution in [0.3, 0.4) is 0 Å². The highest BCUT2D eigenvalue weighted by Gasteiger charge is 2.43. The van der Waals surface area contributed by atoms with Gasteiger partial charge in [-0.3, -0.25) is 9.69 Å². The number of carbonyl (C=O) groups excluding carboxylic acids is 2. The van der Waals surface area contributed by atoms with Gasteiger partial charge in [-0.15, -0.1) is 0 Å². The van der Waals surface area contributed by atoms with Crippen molar-refractivity contribution in [2.24, 2.45) is 0 Å². The number of aliphatic hydroxyl groups excluding tert-OH is 1. The van der Waals surface area contributed by atoms with Crippen molar-refractivity contribution in [2.75, 3.05) is 50.9 Å². The second kappa shape index (κ2) is 11.4. The Balaban J connectivity index is 2.06. The van der Waals surface area contributed by atoms with Crippen LogP contribution in [-0.4, -0.2) is 73.9 Å². The molecule has 0 aromatic heterocycles. The fourth-order valence-electron chi connectivity index (χ4n) is 3.92. The molecule has 0 aliphatic carbocycles. The Morgan fingerprint density at radius 2 is 1.67 bits per heavy atom. The van der Waals surface area contributed by atoms with Gasteiger partial charge in [0, 0.05) is 24.8 Å². The minimum absolute atomic E-state index is 0.109. The Morgan fingerprint density at radius 1 is 1.05 bits per heavy atom. The Hall–Kier alpha value is -3.43. The number of β-amino-alcohol motifs (C(OH)–C–C–N with tert-alkyl or cyclic N) is 1. The number of amides is 3. The maximum absolute atomic E-state index is 14.0. The lowest BCUT2D eigenvalue weighted by Crippen LogP contribution is -2.40. The molecule has 1 N–H and O–H groups in total. The van der Waals surface area contributed by atoms with Crippen LogP contribution in [0.2, 0.25) is 0 Å². The number of hydroxylamine groups is 1. The highest BCUT2D eigenvalue weighted by molar-refractivity contribution is 5.97. The molecule has 0 radical (unpaired) electrons. The van der Waals surface area contributed by atoms with Crippen molar-refractivity contribution < 1.29 is 50.3 Å². The summed E-state index contributed by atoms with van der Waals surface area (Å²) in [5.74, 6) is -1.62. The standard InChI is InChI=1S/C24H25F7N4O4/c1-32(2)11-17(36)12-34-13-39-35(22(34)38)20-9-14(23(26,27)28)8-19(24(29,30)31)18(20)10-21(37)33(3)16-6-4-15(25)5-7-16/h4-9,17,36H,10-13H2,1-3H3. The third-order valence-electron chi connectivity index (χ3n) is 5.79. The van der Waals surface area contributed by atoms with Crippen molar-refractivity contribution >= 4 is 23.3 Å². The predicted molar refractivity (Wildman–Crippen MR) is 125 cm³/mol. The number of rotatable bonds is 8. The van der Waals surface area contributed by atoms with Crippen LogP contribution in [0.15, 0.2) is 36.4 Å². The van der Waals surface area contributed by atoms with Crippen LogP contribution in [0, 0.1) is 5.82 Å². The molecular formula is C24H25F7N4O4. The molecule has 1 unspecified atom stereocenters. The maximum atomic E-state index is 14.0.